The maximum Gasteiger partial charge on any atom is 0.437 e. The van der Waals surface area contributed by atoms with Crippen molar-refractivity contribution in [2.45, 2.75) is 22.1 Å². The molecule has 37 heavy (non-hydrogen) atoms. The maximum atomic E-state index is 14.4. The Hall–Kier alpha value is -2.56. The van der Waals surface area contributed by atoms with Crippen molar-refractivity contribution in [3.05, 3.63) is 54.1 Å². The lowest BCUT2D eigenvalue weighted by Gasteiger charge is -2.41. The Kier molecular flexibility index (Phi) is 8.50. The molecule has 2 heterocycles. The summed E-state index contributed by atoms with van der Waals surface area (Å²) in [5, 5.41) is 0. The fourth-order valence-corrected chi connectivity index (χ4v) is 7.68. The lowest BCUT2D eigenvalue weighted by atomic mass is 9.91. The highest BCUT2D eigenvalue weighted by atomic mass is 32.2. The third kappa shape index (κ3) is 5.24. The van der Waals surface area contributed by atoms with Gasteiger partial charge in [0, 0.05) is 32.2 Å². The van der Waals surface area contributed by atoms with Gasteiger partial charge in [-0.25, -0.2) is 9.24 Å². The minimum absolute atomic E-state index is 0.201. The second-order valence-electron chi connectivity index (χ2n) is 8.50. The summed E-state index contributed by atoms with van der Waals surface area (Å²) in [6, 6.07) is 13.3. The van der Waals surface area contributed by atoms with E-state index in [-0.39, 0.29) is 12.3 Å². The fourth-order valence-electron chi connectivity index (χ4n) is 4.69. The van der Waals surface area contributed by atoms with Gasteiger partial charge in [-0.2, -0.15) is 0 Å². The zero-order valence-corrected chi connectivity index (χ0v) is 23.0. The number of hydrogen-bond donors (Lipinski definition) is 0. The van der Waals surface area contributed by atoms with Crippen molar-refractivity contribution in [3.8, 4) is 11.5 Å². The van der Waals surface area contributed by atoms with Gasteiger partial charge in [0.2, 0.25) is 11.8 Å². The van der Waals surface area contributed by atoms with Crippen LogP contribution in [0.15, 0.2) is 53.4 Å². The first-order valence-electron chi connectivity index (χ1n) is 11.7. The molecule has 0 radical (unpaired) electrons. The van der Waals surface area contributed by atoms with Crippen molar-refractivity contribution < 1.29 is 37.4 Å². The van der Waals surface area contributed by atoms with Crippen LogP contribution >= 0.6 is 19.5 Å². The molecule has 2 saturated heterocycles. The molecule has 0 aliphatic carbocycles. The summed E-state index contributed by atoms with van der Waals surface area (Å²) in [6.07, 6.45) is -0.201. The zero-order chi connectivity index (χ0) is 26.6. The lowest BCUT2D eigenvalue weighted by Crippen LogP contribution is -2.53. The number of rotatable bonds is 9. The average Bonchev–Trinajstić information content (AvgIpc) is 3.25. The molecule has 2 aliphatic rings. The predicted octanol–water partition coefficient (Wildman–Crippen LogP) is 3.77. The van der Waals surface area contributed by atoms with Gasteiger partial charge in [0.25, 0.3) is 0 Å². The second kappa shape index (κ2) is 11.4. The van der Waals surface area contributed by atoms with E-state index in [9.17, 15) is 14.2 Å². The molecule has 12 heteroatoms. The van der Waals surface area contributed by atoms with Crippen molar-refractivity contribution in [1.29, 1.82) is 0 Å². The number of hydrogen-bond acceptors (Lipinski definition) is 9. The van der Waals surface area contributed by atoms with Crippen LogP contribution in [-0.4, -0.2) is 80.9 Å². The molecule has 0 saturated carbocycles. The van der Waals surface area contributed by atoms with E-state index in [1.165, 1.54) is 26.0 Å². The quantitative estimate of drug-likeness (QED) is 0.432. The molecule has 2 amide bonds. The topological polar surface area (TPSA) is 104 Å². The lowest BCUT2D eigenvalue weighted by molar-refractivity contribution is -0.138. The van der Waals surface area contributed by atoms with Crippen molar-refractivity contribution in [2.75, 3.05) is 54.7 Å². The molecule has 0 spiro atoms. The standard InChI is InChI=1S/C25H31N2O8PS/c1-31-19-7-5-18(6-8-19)23-25(24(29)26-13-15-35-16-14-26,37-21-11-9-20(32-2)10-12-21)17-22(28)27(23)36(30,33-3)34-4/h5-12,23H,13-17H2,1-4H3/t23-,25-/m1/s1. The van der Waals surface area contributed by atoms with Crippen LogP contribution in [0.5, 0.6) is 11.5 Å². The number of ether oxygens (including phenoxy) is 3. The Bertz CT molecular complexity index is 1150. The Morgan fingerprint density at radius 3 is 2.00 bits per heavy atom. The van der Waals surface area contributed by atoms with Crippen molar-refractivity contribution in [2.24, 2.45) is 0 Å². The molecule has 2 aromatic rings. The molecule has 4 rings (SSSR count). The van der Waals surface area contributed by atoms with E-state index in [1.807, 2.05) is 12.1 Å². The van der Waals surface area contributed by atoms with E-state index in [4.69, 9.17) is 23.3 Å². The van der Waals surface area contributed by atoms with E-state index in [0.29, 0.717) is 43.4 Å². The number of carbonyl (C=O) groups is 2. The summed E-state index contributed by atoms with van der Waals surface area (Å²) < 4.78 is 40.1. The van der Waals surface area contributed by atoms with Crippen molar-refractivity contribution in [3.63, 3.8) is 0 Å². The van der Waals surface area contributed by atoms with Crippen LogP contribution in [0.4, 0.5) is 0 Å². The molecule has 2 aromatic carbocycles. The molecule has 0 bridgehead atoms. The van der Waals surface area contributed by atoms with Crippen LogP contribution in [-0.2, 0) is 27.9 Å². The van der Waals surface area contributed by atoms with Gasteiger partial charge in [0.15, 0.2) is 0 Å². The van der Waals surface area contributed by atoms with Crippen molar-refractivity contribution >= 4 is 31.3 Å². The van der Waals surface area contributed by atoms with Crippen LogP contribution < -0.4 is 9.47 Å². The minimum atomic E-state index is -4.08. The number of nitrogens with zero attached hydrogens (tertiary/aromatic N) is 2. The molecular weight excluding hydrogens is 519 g/mol. The molecule has 0 N–H and O–H groups in total. The number of benzene rings is 2. The third-order valence-electron chi connectivity index (χ3n) is 6.53. The summed E-state index contributed by atoms with van der Waals surface area (Å²) in [6.45, 7) is 1.57. The summed E-state index contributed by atoms with van der Waals surface area (Å²) in [5.74, 6) is 0.522. The van der Waals surface area contributed by atoms with Crippen LogP contribution in [0.3, 0.4) is 0 Å². The highest BCUT2D eigenvalue weighted by Crippen LogP contribution is 2.64. The highest BCUT2D eigenvalue weighted by molar-refractivity contribution is 8.01. The molecule has 2 fully saturated rings. The molecule has 2 aliphatic heterocycles. The van der Waals surface area contributed by atoms with Gasteiger partial charge in [-0.1, -0.05) is 12.1 Å². The summed E-state index contributed by atoms with van der Waals surface area (Å²) in [7, 11) is 1.50. The summed E-state index contributed by atoms with van der Waals surface area (Å²) in [4.78, 5) is 30.5. The van der Waals surface area contributed by atoms with Gasteiger partial charge >= 0.3 is 7.75 Å². The van der Waals surface area contributed by atoms with Crippen LogP contribution in [0.2, 0.25) is 0 Å². The smallest absolute Gasteiger partial charge is 0.437 e. The number of carbonyl (C=O) groups excluding carboxylic acids is 2. The summed E-state index contributed by atoms with van der Waals surface area (Å²) in [5.41, 5.74) is 0.601. The van der Waals surface area contributed by atoms with E-state index in [1.54, 1.807) is 55.5 Å². The van der Waals surface area contributed by atoms with Crippen LogP contribution in [0.1, 0.15) is 18.0 Å². The van der Waals surface area contributed by atoms with E-state index in [2.05, 4.69) is 0 Å². The summed E-state index contributed by atoms with van der Waals surface area (Å²) >= 11 is 1.26. The van der Waals surface area contributed by atoms with E-state index in [0.717, 1.165) is 9.57 Å². The molecule has 0 aromatic heterocycles. The largest absolute Gasteiger partial charge is 0.497 e. The zero-order valence-electron chi connectivity index (χ0n) is 21.2. The average molecular weight is 551 g/mol. The maximum absolute atomic E-state index is 14.4. The molecule has 2 atom stereocenters. The minimum Gasteiger partial charge on any atom is -0.497 e. The van der Waals surface area contributed by atoms with Gasteiger partial charge in [-0.05, 0) is 42.0 Å². The molecule has 10 nitrogen and oxygen atoms in total. The first kappa shape index (κ1) is 27.5. The monoisotopic (exact) mass is 550 g/mol. The predicted molar refractivity (Wildman–Crippen MR) is 138 cm³/mol. The second-order valence-corrected chi connectivity index (χ2v) is 12.0. The molecule has 0 unspecified atom stereocenters. The number of morpholine rings is 1. The van der Waals surface area contributed by atoms with Gasteiger partial charge in [-0.15, -0.1) is 11.8 Å². The third-order valence-corrected chi connectivity index (χ3v) is 9.85. The van der Waals surface area contributed by atoms with Crippen molar-refractivity contribution in [1.82, 2.24) is 9.57 Å². The first-order valence-corrected chi connectivity index (χ1v) is 14.0. The van der Waals surface area contributed by atoms with Gasteiger partial charge in [-0.3, -0.25) is 18.6 Å². The van der Waals surface area contributed by atoms with Gasteiger partial charge in [0.05, 0.1) is 39.9 Å². The van der Waals surface area contributed by atoms with Crippen LogP contribution in [0, 0.1) is 0 Å². The highest BCUT2D eigenvalue weighted by Gasteiger charge is 2.63. The van der Waals surface area contributed by atoms with Gasteiger partial charge < -0.3 is 19.1 Å². The molecule has 200 valence electrons. The Balaban J connectivity index is 1.91. The van der Waals surface area contributed by atoms with Gasteiger partial charge in [0.1, 0.15) is 16.2 Å². The van der Waals surface area contributed by atoms with E-state index < -0.39 is 24.4 Å². The Morgan fingerprint density at radius 2 is 1.49 bits per heavy atom. The Labute approximate surface area is 220 Å². The SMILES string of the molecule is COc1ccc(S[C@]2(C(=O)N3CCOCC3)CC(=O)N(P(=O)(OC)OC)[C@@H]2c2ccc(OC)cc2)cc1. The Morgan fingerprint density at radius 1 is 0.946 bits per heavy atom. The number of amides is 2. The van der Waals surface area contributed by atoms with E-state index >= 15 is 0 Å². The number of thioether (sulfide) groups is 1. The first-order chi connectivity index (χ1) is 17.8. The number of methoxy groups -OCH3 is 2. The molecular formula is C25H31N2O8PS. The fraction of sp³-hybridized carbons (Fsp3) is 0.440. The van der Waals surface area contributed by atoms with Crippen LogP contribution in [0.25, 0.3) is 0 Å². The normalized spacial score (nSPS) is 22.3.